The zero-order chi connectivity index (χ0) is 16.7. The number of benzene rings is 1. The van der Waals surface area contributed by atoms with E-state index < -0.39 is 0 Å². The number of amides is 2. The first kappa shape index (κ1) is 16.7. The fourth-order valence-electron chi connectivity index (χ4n) is 2.12. The predicted octanol–water partition coefficient (Wildman–Crippen LogP) is 2.38. The van der Waals surface area contributed by atoms with Gasteiger partial charge in [-0.1, -0.05) is 6.07 Å². The zero-order valence-electron chi connectivity index (χ0n) is 13.6. The molecule has 0 saturated heterocycles. The Morgan fingerprint density at radius 2 is 2.17 bits per heavy atom. The van der Waals surface area contributed by atoms with Crippen LogP contribution in [0.5, 0.6) is 11.5 Å². The number of aromatic nitrogens is 2. The molecule has 0 saturated carbocycles. The van der Waals surface area contributed by atoms with Crippen LogP contribution in [0.3, 0.4) is 0 Å². The molecule has 2 rings (SSSR count). The van der Waals surface area contributed by atoms with E-state index in [4.69, 9.17) is 9.47 Å². The van der Waals surface area contributed by atoms with Crippen molar-refractivity contribution in [3.8, 4) is 11.5 Å². The van der Waals surface area contributed by atoms with Crippen molar-refractivity contribution < 1.29 is 14.3 Å². The lowest BCUT2D eigenvalue weighted by Crippen LogP contribution is -2.36. The fourth-order valence-corrected chi connectivity index (χ4v) is 2.12. The van der Waals surface area contributed by atoms with E-state index in [1.54, 1.807) is 19.4 Å². The van der Waals surface area contributed by atoms with Crippen LogP contribution < -0.4 is 20.1 Å². The van der Waals surface area contributed by atoms with Crippen LogP contribution in [0.2, 0.25) is 0 Å². The summed E-state index contributed by atoms with van der Waals surface area (Å²) in [6.07, 6.45) is 1.64. The predicted molar refractivity (Wildman–Crippen MR) is 86.5 cm³/mol. The normalized spacial score (nSPS) is 11.6. The molecule has 7 nitrogen and oxygen atoms in total. The summed E-state index contributed by atoms with van der Waals surface area (Å²) < 4.78 is 10.8. The Morgan fingerprint density at radius 3 is 2.83 bits per heavy atom. The Labute approximate surface area is 135 Å². The Hall–Kier alpha value is -2.70. The van der Waals surface area contributed by atoms with Crippen molar-refractivity contribution in [3.63, 3.8) is 0 Å². The van der Waals surface area contributed by atoms with Gasteiger partial charge in [0.15, 0.2) is 11.5 Å². The second-order valence-corrected chi connectivity index (χ2v) is 4.97. The number of hydrogen-bond donors (Lipinski definition) is 3. The second kappa shape index (κ2) is 8.07. The highest BCUT2D eigenvalue weighted by molar-refractivity contribution is 5.74. The molecule has 2 amide bonds. The molecule has 0 radical (unpaired) electrons. The third-order valence-corrected chi connectivity index (χ3v) is 3.33. The van der Waals surface area contributed by atoms with E-state index in [-0.39, 0.29) is 12.1 Å². The maximum absolute atomic E-state index is 11.9. The van der Waals surface area contributed by atoms with Crippen LogP contribution in [0.4, 0.5) is 4.79 Å². The molecule has 2 aromatic rings. The maximum atomic E-state index is 11.9. The molecule has 0 bridgehead atoms. The first-order valence-electron chi connectivity index (χ1n) is 7.47. The Bertz CT molecular complexity index is 628. The van der Waals surface area contributed by atoms with Crippen LogP contribution in [-0.4, -0.2) is 29.9 Å². The Balaban J connectivity index is 1.94. The van der Waals surface area contributed by atoms with Crippen LogP contribution >= 0.6 is 0 Å². The largest absolute Gasteiger partial charge is 0.493 e. The van der Waals surface area contributed by atoms with Crippen LogP contribution in [-0.2, 0) is 6.54 Å². The number of methoxy groups -OCH3 is 1. The van der Waals surface area contributed by atoms with Gasteiger partial charge in [0.25, 0.3) is 0 Å². The Morgan fingerprint density at radius 1 is 1.35 bits per heavy atom. The molecule has 1 atom stereocenters. The molecule has 1 heterocycles. The van der Waals surface area contributed by atoms with Crippen molar-refractivity contribution in [2.45, 2.75) is 26.4 Å². The van der Waals surface area contributed by atoms with E-state index in [0.29, 0.717) is 24.7 Å². The van der Waals surface area contributed by atoms with Gasteiger partial charge in [-0.05, 0) is 37.6 Å². The molecule has 23 heavy (non-hydrogen) atoms. The molecule has 1 aromatic carbocycles. The Kier molecular flexibility index (Phi) is 5.85. The number of carbonyl (C=O) groups is 1. The number of nitrogens with one attached hydrogen (secondary N) is 3. The minimum atomic E-state index is -0.250. The number of H-pyrrole nitrogens is 1. The summed E-state index contributed by atoms with van der Waals surface area (Å²) in [6.45, 7) is 4.79. The van der Waals surface area contributed by atoms with Gasteiger partial charge in [0, 0.05) is 6.20 Å². The standard InChI is InChI=1S/C16H22N4O3/c1-4-23-14-6-5-12(9-15(14)22-3)11(2)19-16(21)17-10-13-7-8-18-20-13/h5-9,11H,4,10H2,1-3H3,(H,18,20)(H2,17,19,21). The quantitative estimate of drug-likeness (QED) is 0.731. The minimum absolute atomic E-state index is 0.165. The highest BCUT2D eigenvalue weighted by Crippen LogP contribution is 2.30. The number of nitrogens with zero attached hydrogens (tertiary/aromatic N) is 1. The van der Waals surface area contributed by atoms with E-state index in [1.165, 1.54) is 0 Å². The molecule has 124 valence electrons. The summed E-state index contributed by atoms with van der Waals surface area (Å²) in [7, 11) is 1.59. The molecule has 0 aliphatic rings. The third-order valence-electron chi connectivity index (χ3n) is 3.33. The number of aromatic amines is 1. The number of urea groups is 1. The van der Waals surface area contributed by atoms with Gasteiger partial charge in [-0.15, -0.1) is 0 Å². The van der Waals surface area contributed by atoms with E-state index in [0.717, 1.165) is 11.3 Å². The topological polar surface area (TPSA) is 88.3 Å². The fraction of sp³-hybridized carbons (Fsp3) is 0.375. The molecule has 0 aliphatic carbocycles. The summed E-state index contributed by atoms with van der Waals surface area (Å²) in [5.41, 5.74) is 1.78. The van der Waals surface area contributed by atoms with Crippen molar-refractivity contribution in [1.82, 2.24) is 20.8 Å². The first-order chi connectivity index (χ1) is 11.1. The average molecular weight is 318 g/mol. The van der Waals surface area contributed by atoms with E-state index in [1.807, 2.05) is 32.0 Å². The van der Waals surface area contributed by atoms with Crippen molar-refractivity contribution in [2.24, 2.45) is 0 Å². The van der Waals surface area contributed by atoms with Gasteiger partial charge >= 0.3 is 6.03 Å². The van der Waals surface area contributed by atoms with Crippen molar-refractivity contribution in [2.75, 3.05) is 13.7 Å². The molecule has 1 unspecified atom stereocenters. The van der Waals surface area contributed by atoms with E-state index in [9.17, 15) is 4.79 Å². The number of ether oxygens (including phenoxy) is 2. The molecular formula is C16H22N4O3. The molecular weight excluding hydrogens is 296 g/mol. The van der Waals surface area contributed by atoms with Gasteiger partial charge in [0.05, 0.1) is 32.0 Å². The summed E-state index contributed by atoms with van der Waals surface area (Å²) in [6, 6.07) is 7.01. The van der Waals surface area contributed by atoms with Crippen LogP contribution in [0.15, 0.2) is 30.5 Å². The van der Waals surface area contributed by atoms with E-state index in [2.05, 4.69) is 20.8 Å². The van der Waals surface area contributed by atoms with Crippen molar-refractivity contribution >= 4 is 6.03 Å². The molecule has 0 aliphatic heterocycles. The number of rotatable bonds is 7. The average Bonchev–Trinajstić information content (AvgIpc) is 3.07. The molecule has 0 fully saturated rings. The monoisotopic (exact) mass is 318 g/mol. The molecule has 0 spiro atoms. The van der Waals surface area contributed by atoms with Gasteiger partial charge in [0.2, 0.25) is 0 Å². The summed E-state index contributed by atoms with van der Waals surface area (Å²) in [5, 5.41) is 12.3. The van der Waals surface area contributed by atoms with Crippen LogP contribution in [0.25, 0.3) is 0 Å². The summed E-state index contributed by atoms with van der Waals surface area (Å²) >= 11 is 0. The molecule has 7 heteroatoms. The second-order valence-electron chi connectivity index (χ2n) is 4.97. The van der Waals surface area contributed by atoms with Gasteiger partial charge in [-0.2, -0.15) is 5.10 Å². The smallest absolute Gasteiger partial charge is 0.315 e. The van der Waals surface area contributed by atoms with Crippen LogP contribution in [0.1, 0.15) is 31.1 Å². The van der Waals surface area contributed by atoms with Crippen molar-refractivity contribution in [3.05, 3.63) is 41.7 Å². The van der Waals surface area contributed by atoms with Crippen molar-refractivity contribution in [1.29, 1.82) is 0 Å². The van der Waals surface area contributed by atoms with Crippen LogP contribution in [0, 0.1) is 0 Å². The highest BCUT2D eigenvalue weighted by atomic mass is 16.5. The lowest BCUT2D eigenvalue weighted by atomic mass is 10.1. The van der Waals surface area contributed by atoms with E-state index >= 15 is 0 Å². The maximum Gasteiger partial charge on any atom is 0.315 e. The van der Waals surface area contributed by atoms with Gasteiger partial charge in [-0.3, -0.25) is 5.10 Å². The van der Waals surface area contributed by atoms with Gasteiger partial charge in [-0.25, -0.2) is 4.79 Å². The zero-order valence-corrected chi connectivity index (χ0v) is 13.6. The SMILES string of the molecule is CCOc1ccc(C(C)NC(=O)NCc2ccn[nH]2)cc1OC. The molecule has 3 N–H and O–H groups in total. The summed E-state index contributed by atoms with van der Waals surface area (Å²) in [4.78, 5) is 11.9. The summed E-state index contributed by atoms with van der Waals surface area (Å²) in [5.74, 6) is 1.34. The lowest BCUT2D eigenvalue weighted by molar-refractivity contribution is 0.237. The third kappa shape index (κ3) is 4.64. The lowest BCUT2D eigenvalue weighted by Gasteiger charge is -2.17. The minimum Gasteiger partial charge on any atom is -0.493 e. The number of hydrogen-bond acceptors (Lipinski definition) is 4. The first-order valence-corrected chi connectivity index (χ1v) is 7.47. The molecule has 1 aromatic heterocycles. The van der Waals surface area contributed by atoms with Gasteiger partial charge in [0.1, 0.15) is 0 Å². The highest BCUT2D eigenvalue weighted by Gasteiger charge is 2.12. The number of carbonyl (C=O) groups excluding carboxylic acids is 1. The van der Waals surface area contributed by atoms with Gasteiger partial charge < -0.3 is 20.1 Å².